The van der Waals surface area contributed by atoms with E-state index in [1.807, 2.05) is 31.1 Å². The van der Waals surface area contributed by atoms with E-state index < -0.39 is 12.1 Å². The third-order valence-electron chi connectivity index (χ3n) is 2.15. The third-order valence-corrected chi connectivity index (χ3v) is 2.15. The molecule has 0 heterocycles. The van der Waals surface area contributed by atoms with Crippen LogP contribution in [0, 0.1) is 0 Å². The number of aliphatic hydroxyl groups is 1. The van der Waals surface area contributed by atoms with E-state index in [2.05, 4.69) is 0 Å². The van der Waals surface area contributed by atoms with Crippen LogP contribution in [0.25, 0.3) is 0 Å². The molecule has 1 aromatic carbocycles. The number of nitrogens with zero attached hydrogens (tertiary/aromatic N) is 1. The molecule has 0 fully saturated rings. The monoisotopic (exact) mass is 209 g/mol. The summed E-state index contributed by atoms with van der Waals surface area (Å²) in [5, 5.41) is 18.3. The van der Waals surface area contributed by atoms with Gasteiger partial charge in [-0.3, -0.25) is 4.79 Å². The summed E-state index contributed by atoms with van der Waals surface area (Å²) >= 11 is 0. The number of carboxylic acid groups (broad SMARTS) is 1. The molecule has 0 aliphatic heterocycles. The summed E-state index contributed by atoms with van der Waals surface area (Å²) in [6.45, 7) is 0. The molecule has 2 N–H and O–H groups in total. The van der Waals surface area contributed by atoms with Crippen LogP contribution in [0.1, 0.15) is 18.1 Å². The van der Waals surface area contributed by atoms with Gasteiger partial charge in [-0.2, -0.15) is 0 Å². The van der Waals surface area contributed by atoms with Gasteiger partial charge in [0.1, 0.15) is 0 Å². The van der Waals surface area contributed by atoms with E-state index in [-0.39, 0.29) is 6.42 Å². The van der Waals surface area contributed by atoms with E-state index in [0.717, 1.165) is 5.69 Å². The Morgan fingerprint density at radius 1 is 1.40 bits per heavy atom. The minimum absolute atomic E-state index is 0.273. The smallest absolute Gasteiger partial charge is 0.306 e. The Hall–Kier alpha value is -1.55. The zero-order valence-electron chi connectivity index (χ0n) is 8.84. The van der Waals surface area contributed by atoms with E-state index in [4.69, 9.17) is 5.11 Å². The number of aliphatic carboxylic acids is 1. The molecule has 0 aromatic heterocycles. The van der Waals surface area contributed by atoms with E-state index >= 15 is 0 Å². The van der Waals surface area contributed by atoms with Crippen LogP contribution in [0.2, 0.25) is 0 Å². The molecule has 1 aromatic rings. The zero-order chi connectivity index (χ0) is 11.4. The van der Waals surface area contributed by atoms with Gasteiger partial charge in [0.25, 0.3) is 0 Å². The molecule has 0 amide bonds. The molecule has 0 bridgehead atoms. The van der Waals surface area contributed by atoms with E-state index in [1.165, 1.54) is 0 Å². The molecular formula is C11H15NO3. The van der Waals surface area contributed by atoms with Crippen molar-refractivity contribution >= 4 is 11.7 Å². The van der Waals surface area contributed by atoms with Crippen molar-refractivity contribution in [1.29, 1.82) is 0 Å². The van der Waals surface area contributed by atoms with Gasteiger partial charge in [0.2, 0.25) is 0 Å². The summed E-state index contributed by atoms with van der Waals surface area (Å²) in [4.78, 5) is 12.3. The van der Waals surface area contributed by atoms with Crippen molar-refractivity contribution in [2.75, 3.05) is 19.0 Å². The first-order valence-corrected chi connectivity index (χ1v) is 4.68. The number of aliphatic hydroxyl groups excluding tert-OH is 1. The second kappa shape index (κ2) is 4.79. The molecule has 15 heavy (non-hydrogen) atoms. The first kappa shape index (κ1) is 11.5. The molecule has 1 rings (SSSR count). The van der Waals surface area contributed by atoms with Crippen LogP contribution in [0.5, 0.6) is 0 Å². The fraction of sp³-hybridized carbons (Fsp3) is 0.364. The minimum Gasteiger partial charge on any atom is -0.481 e. The first-order valence-electron chi connectivity index (χ1n) is 4.68. The highest BCUT2D eigenvalue weighted by atomic mass is 16.4. The maximum absolute atomic E-state index is 10.5. The summed E-state index contributed by atoms with van der Waals surface area (Å²) in [6, 6.07) is 7.23. The Labute approximate surface area is 88.8 Å². The summed E-state index contributed by atoms with van der Waals surface area (Å²) in [5.41, 5.74) is 1.48. The number of benzene rings is 1. The van der Waals surface area contributed by atoms with Crippen LogP contribution < -0.4 is 4.90 Å². The Morgan fingerprint density at radius 3 is 2.53 bits per heavy atom. The summed E-state index contributed by atoms with van der Waals surface area (Å²) < 4.78 is 0. The fourth-order valence-electron chi connectivity index (χ4n) is 1.45. The van der Waals surface area contributed by atoms with E-state index in [0.29, 0.717) is 5.56 Å². The molecule has 0 radical (unpaired) electrons. The molecule has 4 nitrogen and oxygen atoms in total. The molecule has 0 unspecified atom stereocenters. The van der Waals surface area contributed by atoms with Crippen molar-refractivity contribution in [3.63, 3.8) is 0 Å². The summed E-state index contributed by atoms with van der Waals surface area (Å²) in [7, 11) is 3.71. The van der Waals surface area contributed by atoms with E-state index in [1.54, 1.807) is 12.1 Å². The van der Waals surface area contributed by atoms with Crippen LogP contribution in [0.3, 0.4) is 0 Å². The Balaban J connectivity index is 2.97. The lowest BCUT2D eigenvalue weighted by Crippen LogP contribution is -2.14. The maximum Gasteiger partial charge on any atom is 0.306 e. The van der Waals surface area contributed by atoms with Crippen LogP contribution in [0.15, 0.2) is 24.3 Å². The molecule has 0 aliphatic carbocycles. The predicted molar refractivity (Wildman–Crippen MR) is 58.0 cm³/mol. The zero-order valence-corrected chi connectivity index (χ0v) is 8.84. The highest BCUT2D eigenvalue weighted by Gasteiger charge is 2.15. The van der Waals surface area contributed by atoms with Gasteiger partial charge in [0.15, 0.2) is 0 Å². The second-order valence-electron chi connectivity index (χ2n) is 3.57. The van der Waals surface area contributed by atoms with Crippen molar-refractivity contribution in [1.82, 2.24) is 0 Å². The standard InChI is InChI=1S/C11H15NO3/c1-12(2)9-6-4-3-5-8(9)10(13)7-11(14)15/h3-6,10,13H,7H2,1-2H3,(H,14,15)/t10-/m0/s1. The van der Waals surface area contributed by atoms with Crippen molar-refractivity contribution in [3.05, 3.63) is 29.8 Å². The molecule has 0 spiro atoms. The van der Waals surface area contributed by atoms with Gasteiger partial charge in [-0.25, -0.2) is 0 Å². The number of anilines is 1. The fourth-order valence-corrected chi connectivity index (χ4v) is 1.45. The van der Waals surface area contributed by atoms with Gasteiger partial charge in [-0.05, 0) is 6.07 Å². The van der Waals surface area contributed by atoms with Crippen LogP contribution in [-0.4, -0.2) is 30.3 Å². The van der Waals surface area contributed by atoms with Crippen molar-refractivity contribution < 1.29 is 15.0 Å². The molecule has 1 atom stereocenters. The van der Waals surface area contributed by atoms with Crippen molar-refractivity contribution in [3.8, 4) is 0 Å². The Morgan fingerprint density at radius 2 is 2.00 bits per heavy atom. The molecule has 0 saturated carbocycles. The SMILES string of the molecule is CN(C)c1ccccc1[C@@H](O)CC(=O)O. The highest BCUT2D eigenvalue weighted by Crippen LogP contribution is 2.26. The lowest BCUT2D eigenvalue weighted by molar-refractivity contribution is -0.139. The Kier molecular flexibility index (Phi) is 3.68. The van der Waals surface area contributed by atoms with Gasteiger partial charge < -0.3 is 15.1 Å². The second-order valence-corrected chi connectivity index (χ2v) is 3.57. The lowest BCUT2D eigenvalue weighted by Gasteiger charge is -2.19. The maximum atomic E-state index is 10.5. The van der Waals surface area contributed by atoms with Gasteiger partial charge in [-0.1, -0.05) is 18.2 Å². The number of para-hydroxylation sites is 1. The Bertz CT molecular complexity index is 349. The number of carbonyl (C=O) groups is 1. The van der Waals surface area contributed by atoms with Gasteiger partial charge in [0, 0.05) is 25.3 Å². The number of carboxylic acids is 1. The largest absolute Gasteiger partial charge is 0.481 e. The topological polar surface area (TPSA) is 60.8 Å². The molecule has 0 saturated heterocycles. The van der Waals surface area contributed by atoms with Crippen LogP contribution in [0.4, 0.5) is 5.69 Å². The third kappa shape index (κ3) is 2.95. The molecule has 0 aliphatic rings. The predicted octanol–water partition coefficient (Wildman–Crippen LogP) is 1.26. The number of hydrogen-bond acceptors (Lipinski definition) is 3. The molecule has 82 valence electrons. The van der Waals surface area contributed by atoms with Crippen LogP contribution in [-0.2, 0) is 4.79 Å². The molecular weight excluding hydrogens is 194 g/mol. The quantitative estimate of drug-likeness (QED) is 0.783. The van der Waals surface area contributed by atoms with E-state index in [9.17, 15) is 9.90 Å². The van der Waals surface area contributed by atoms with Gasteiger partial charge >= 0.3 is 5.97 Å². The lowest BCUT2D eigenvalue weighted by atomic mass is 10.0. The summed E-state index contributed by atoms with van der Waals surface area (Å²) in [5.74, 6) is -1.00. The average molecular weight is 209 g/mol. The normalized spacial score (nSPS) is 12.2. The van der Waals surface area contributed by atoms with Crippen molar-refractivity contribution in [2.45, 2.75) is 12.5 Å². The van der Waals surface area contributed by atoms with Crippen molar-refractivity contribution in [2.24, 2.45) is 0 Å². The van der Waals surface area contributed by atoms with Gasteiger partial charge in [0.05, 0.1) is 12.5 Å². The van der Waals surface area contributed by atoms with Gasteiger partial charge in [-0.15, -0.1) is 0 Å². The van der Waals surface area contributed by atoms with Crippen LogP contribution >= 0.6 is 0 Å². The summed E-state index contributed by atoms with van der Waals surface area (Å²) in [6.07, 6.45) is -1.23. The number of hydrogen-bond donors (Lipinski definition) is 2. The average Bonchev–Trinajstić information content (AvgIpc) is 2.16. The first-order chi connectivity index (χ1) is 7.02. The number of rotatable bonds is 4. The molecule has 4 heteroatoms. The minimum atomic E-state index is -1.00. The highest BCUT2D eigenvalue weighted by molar-refractivity contribution is 5.68.